The number of hydrogen-bond acceptors (Lipinski definition) is 2. The molecule has 2 rings (SSSR count). The van der Waals surface area contributed by atoms with E-state index in [0.717, 1.165) is 17.9 Å². The van der Waals surface area contributed by atoms with Crippen molar-refractivity contribution < 1.29 is 4.74 Å². The summed E-state index contributed by atoms with van der Waals surface area (Å²) < 4.78 is 5.65. The molecule has 1 aromatic heterocycles. The summed E-state index contributed by atoms with van der Waals surface area (Å²) in [5, 5.41) is 0. The van der Waals surface area contributed by atoms with Crippen LogP contribution in [-0.4, -0.2) is 11.6 Å². The van der Waals surface area contributed by atoms with Crippen LogP contribution < -0.4 is 4.74 Å². The molecule has 0 amide bonds. The van der Waals surface area contributed by atoms with Crippen LogP contribution in [0.5, 0.6) is 5.75 Å². The average molecular weight is 306 g/mol. The highest BCUT2D eigenvalue weighted by Crippen LogP contribution is 2.33. The van der Waals surface area contributed by atoms with Gasteiger partial charge in [0, 0.05) is 28.7 Å². The van der Waals surface area contributed by atoms with Gasteiger partial charge < -0.3 is 4.74 Å². The summed E-state index contributed by atoms with van der Waals surface area (Å²) in [4.78, 5) is 4.57. The first-order chi connectivity index (χ1) is 8.81. The molecule has 1 heterocycles. The number of benzene rings is 1. The quantitative estimate of drug-likeness (QED) is 0.774. The number of pyridine rings is 1. The molecule has 0 radical (unpaired) electrons. The highest BCUT2D eigenvalue weighted by molar-refractivity contribution is 9.09. The first-order valence-electron chi connectivity index (χ1n) is 6.07. The number of ether oxygens (including phenoxy) is 1. The van der Waals surface area contributed by atoms with Crippen LogP contribution in [0, 0.1) is 0 Å². The molecule has 2 aromatic rings. The van der Waals surface area contributed by atoms with E-state index in [-0.39, 0.29) is 4.83 Å². The molecule has 2 nitrogen and oxygen atoms in total. The summed E-state index contributed by atoms with van der Waals surface area (Å²) in [5.74, 6) is 0.942. The molecule has 0 fully saturated rings. The van der Waals surface area contributed by atoms with E-state index in [1.54, 1.807) is 0 Å². The first kappa shape index (κ1) is 13.1. The zero-order valence-electron chi connectivity index (χ0n) is 10.3. The highest BCUT2D eigenvalue weighted by atomic mass is 79.9. The summed E-state index contributed by atoms with van der Waals surface area (Å²) >= 11 is 3.72. The lowest BCUT2D eigenvalue weighted by Gasteiger charge is -2.14. The minimum absolute atomic E-state index is 0.218. The SMILES string of the molecule is CCOc1ccccc1C(Br)Cc1ccccn1. The Bertz CT molecular complexity index is 487. The molecule has 0 saturated carbocycles. The zero-order chi connectivity index (χ0) is 12.8. The topological polar surface area (TPSA) is 22.1 Å². The molecule has 94 valence electrons. The van der Waals surface area contributed by atoms with Gasteiger partial charge in [-0.25, -0.2) is 0 Å². The van der Waals surface area contributed by atoms with Crippen LogP contribution in [0.4, 0.5) is 0 Å². The minimum Gasteiger partial charge on any atom is -0.494 e. The van der Waals surface area contributed by atoms with E-state index in [1.807, 2.05) is 49.5 Å². The van der Waals surface area contributed by atoms with Crippen molar-refractivity contribution in [3.63, 3.8) is 0 Å². The fourth-order valence-corrected chi connectivity index (χ4v) is 2.55. The van der Waals surface area contributed by atoms with Gasteiger partial charge >= 0.3 is 0 Å². The Balaban J connectivity index is 2.16. The van der Waals surface area contributed by atoms with Gasteiger partial charge in [0.1, 0.15) is 5.75 Å². The Morgan fingerprint density at radius 1 is 1.17 bits per heavy atom. The number of nitrogens with zero attached hydrogens (tertiary/aromatic N) is 1. The van der Waals surface area contributed by atoms with Crippen LogP contribution in [0.1, 0.15) is 23.0 Å². The van der Waals surface area contributed by atoms with Crippen molar-refractivity contribution in [3.8, 4) is 5.75 Å². The van der Waals surface area contributed by atoms with E-state index in [1.165, 1.54) is 5.56 Å². The third-order valence-electron chi connectivity index (χ3n) is 2.67. The number of halogens is 1. The van der Waals surface area contributed by atoms with Crippen molar-refractivity contribution in [1.82, 2.24) is 4.98 Å². The van der Waals surface area contributed by atoms with Crippen LogP contribution >= 0.6 is 15.9 Å². The molecule has 0 spiro atoms. The number of hydrogen-bond donors (Lipinski definition) is 0. The molecule has 0 bridgehead atoms. The van der Waals surface area contributed by atoms with Crippen molar-refractivity contribution in [2.75, 3.05) is 6.61 Å². The molecule has 18 heavy (non-hydrogen) atoms. The Hall–Kier alpha value is -1.35. The van der Waals surface area contributed by atoms with Gasteiger partial charge in [0.2, 0.25) is 0 Å². The Kier molecular flexibility index (Phi) is 4.76. The summed E-state index contributed by atoms with van der Waals surface area (Å²) in [6.07, 6.45) is 2.68. The third kappa shape index (κ3) is 3.33. The molecule has 0 aliphatic rings. The van der Waals surface area contributed by atoms with Crippen molar-refractivity contribution in [1.29, 1.82) is 0 Å². The largest absolute Gasteiger partial charge is 0.494 e. The van der Waals surface area contributed by atoms with Gasteiger partial charge in [-0.1, -0.05) is 40.2 Å². The van der Waals surface area contributed by atoms with Crippen LogP contribution in [0.3, 0.4) is 0 Å². The number of rotatable bonds is 5. The Morgan fingerprint density at radius 2 is 1.94 bits per heavy atom. The summed E-state index contributed by atoms with van der Waals surface area (Å²) in [6.45, 7) is 2.68. The Morgan fingerprint density at radius 3 is 2.67 bits per heavy atom. The fraction of sp³-hybridized carbons (Fsp3) is 0.267. The maximum absolute atomic E-state index is 5.65. The van der Waals surface area contributed by atoms with Gasteiger partial charge in [0.25, 0.3) is 0 Å². The first-order valence-corrected chi connectivity index (χ1v) is 6.98. The molecule has 0 N–H and O–H groups in total. The Labute approximate surface area is 116 Å². The van der Waals surface area contributed by atoms with Crippen molar-refractivity contribution >= 4 is 15.9 Å². The van der Waals surface area contributed by atoms with Gasteiger partial charge in [0.15, 0.2) is 0 Å². The maximum Gasteiger partial charge on any atom is 0.123 e. The van der Waals surface area contributed by atoms with E-state index in [0.29, 0.717) is 6.61 Å². The second-order valence-electron chi connectivity index (χ2n) is 3.96. The van der Waals surface area contributed by atoms with Crippen molar-refractivity contribution in [3.05, 3.63) is 59.9 Å². The molecular formula is C15H16BrNO. The van der Waals surface area contributed by atoms with E-state index in [4.69, 9.17) is 4.74 Å². The van der Waals surface area contributed by atoms with Gasteiger partial charge in [-0.05, 0) is 25.1 Å². The van der Waals surface area contributed by atoms with Crippen molar-refractivity contribution in [2.45, 2.75) is 18.2 Å². The molecule has 0 saturated heterocycles. The minimum atomic E-state index is 0.218. The van der Waals surface area contributed by atoms with E-state index < -0.39 is 0 Å². The van der Waals surface area contributed by atoms with Gasteiger partial charge in [-0.15, -0.1) is 0 Å². The molecule has 1 unspecified atom stereocenters. The lowest BCUT2D eigenvalue weighted by atomic mass is 10.1. The van der Waals surface area contributed by atoms with Crippen LogP contribution in [0.15, 0.2) is 48.7 Å². The van der Waals surface area contributed by atoms with E-state index >= 15 is 0 Å². The monoisotopic (exact) mass is 305 g/mol. The van der Waals surface area contributed by atoms with Crippen LogP contribution in [-0.2, 0) is 6.42 Å². The van der Waals surface area contributed by atoms with E-state index in [2.05, 4.69) is 27.0 Å². The number of alkyl halides is 1. The van der Waals surface area contributed by atoms with Crippen molar-refractivity contribution in [2.24, 2.45) is 0 Å². The second-order valence-corrected chi connectivity index (χ2v) is 5.07. The third-order valence-corrected chi connectivity index (χ3v) is 3.49. The van der Waals surface area contributed by atoms with Gasteiger partial charge in [0.05, 0.1) is 6.61 Å². The summed E-state index contributed by atoms with van der Waals surface area (Å²) in [5.41, 5.74) is 2.25. The standard InChI is InChI=1S/C15H16BrNO/c1-2-18-15-9-4-3-8-13(15)14(16)11-12-7-5-6-10-17-12/h3-10,14H,2,11H2,1H3. The van der Waals surface area contributed by atoms with Crippen LogP contribution in [0.2, 0.25) is 0 Å². The number of para-hydroxylation sites is 1. The number of aromatic nitrogens is 1. The second kappa shape index (κ2) is 6.55. The molecule has 1 aromatic carbocycles. The molecule has 3 heteroatoms. The summed E-state index contributed by atoms with van der Waals surface area (Å²) in [6, 6.07) is 14.1. The maximum atomic E-state index is 5.65. The highest BCUT2D eigenvalue weighted by Gasteiger charge is 2.13. The smallest absolute Gasteiger partial charge is 0.123 e. The predicted octanol–water partition coefficient (Wildman–Crippen LogP) is 4.16. The van der Waals surface area contributed by atoms with Crippen LogP contribution in [0.25, 0.3) is 0 Å². The van der Waals surface area contributed by atoms with Gasteiger partial charge in [-0.2, -0.15) is 0 Å². The van der Waals surface area contributed by atoms with Gasteiger partial charge in [-0.3, -0.25) is 4.98 Å². The fourth-order valence-electron chi connectivity index (χ4n) is 1.84. The lowest BCUT2D eigenvalue weighted by Crippen LogP contribution is -2.01. The van der Waals surface area contributed by atoms with E-state index in [9.17, 15) is 0 Å². The lowest BCUT2D eigenvalue weighted by molar-refractivity contribution is 0.336. The zero-order valence-corrected chi connectivity index (χ0v) is 11.9. The normalized spacial score (nSPS) is 12.1. The average Bonchev–Trinajstić information content (AvgIpc) is 2.41. The molecule has 1 atom stereocenters. The molecular weight excluding hydrogens is 290 g/mol. The summed E-state index contributed by atoms with van der Waals surface area (Å²) in [7, 11) is 0. The molecule has 0 aliphatic carbocycles. The predicted molar refractivity (Wildman–Crippen MR) is 77.2 cm³/mol. The molecule has 0 aliphatic heterocycles.